The highest BCUT2D eigenvalue weighted by atomic mass is 79.9. The summed E-state index contributed by atoms with van der Waals surface area (Å²) in [6.07, 6.45) is 1.17. The molecule has 0 aromatic rings. The number of halogens is 1. The maximum Gasteiger partial charge on any atom is 0.0268 e. The Morgan fingerprint density at radius 1 is 1.78 bits per heavy atom. The zero-order chi connectivity index (χ0) is 7.28. The maximum absolute atomic E-state index is 3.72. The van der Waals surface area contributed by atoms with Gasteiger partial charge in [-0.25, -0.2) is 0 Å². The Labute approximate surface area is 65.7 Å². The quantitative estimate of drug-likeness (QED) is 0.720. The van der Waals surface area contributed by atoms with Crippen LogP contribution >= 0.6 is 15.9 Å². The molecule has 0 amide bonds. The third-order valence-corrected chi connectivity index (χ3v) is 1.54. The Hall–Kier alpha value is 0.180. The summed E-state index contributed by atoms with van der Waals surface area (Å²) in [5.74, 6) is 0. The van der Waals surface area contributed by atoms with Crippen molar-refractivity contribution in [2.45, 2.75) is 26.3 Å². The number of nitrogens with one attached hydrogen (secondary N) is 1. The SMILES string of the molecule is C=C(Br)CNC(C)CC. The van der Waals surface area contributed by atoms with E-state index in [1.807, 2.05) is 0 Å². The molecule has 54 valence electrons. The van der Waals surface area contributed by atoms with E-state index in [4.69, 9.17) is 0 Å². The van der Waals surface area contributed by atoms with Crippen LogP contribution in [0, 0.1) is 0 Å². The predicted molar refractivity (Wildman–Crippen MR) is 45.8 cm³/mol. The van der Waals surface area contributed by atoms with E-state index in [1.165, 1.54) is 6.42 Å². The van der Waals surface area contributed by atoms with E-state index in [9.17, 15) is 0 Å². The van der Waals surface area contributed by atoms with Gasteiger partial charge in [-0.2, -0.15) is 0 Å². The zero-order valence-corrected chi connectivity index (χ0v) is 7.66. The Bertz CT molecular complexity index is 90.9. The average Bonchev–Trinajstić information content (AvgIpc) is 1.83. The Morgan fingerprint density at radius 2 is 2.33 bits per heavy atom. The van der Waals surface area contributed by atoms with Gasteiger partial charge in [0.15, 0.2) is 0 Å². The second kappa shape index (κ2) is 5.00. The first-order chi connectivity index (χ1) is 4.16. The van der Waals surface area contributed by atoms with Gasteiger partial charge in [-0.3, -0.25) is 0 Å². The van der Waals surface area contributed by atoms with E-state index in [2.05, 4.69) is 41.7 Å². The smallest absolute Gasteiger partial charge is 0.0268 e. The molecule has 0 rings (SSSR count). The van der Waals surface area contributed by atoms with E-state index < -0.39 is 0 Å². The molecule has 0 heterocycles. The van der Waals surface area contributed by atoms with Crippen LogP contribution in [0.3, 0.4) is 0 Å². The fourth-order valence-electron chi connectivity index (χ4n) is 0.429. The molecule has 1 atom stereocenters. The van der Waals surface area contributed by atoms with Crippen molar-refractivity contribution in [2.24, 2.45) is 0 Å². The van der Waals surface area contributed by atoms with E-state index in [-0.39, 0.29) is 0 Å². The topological polar surface area (TPSA) is 12.0 Å². The molecule has 0 aliphatic heterocycles. The molecule has 0 bridgehead atoms. The molecule has 0 fully saturated rings. The van der Waals surface area contributed by atoms with Gasteiger partial charge in [0, 0.05) is 17.1 Å². The van der Waals surface area contributed by atoms with Gasteiger partial charge in [-0.15, -0.1) is 0 Å². The van der Waals surface area contributed by atoms with Crippen LogP contribution in [-0.2, 0) is 0 Å². The van der Waals surface area contributed by atoms with Crippen molar-refractivity contribution in [3.63, 3.8) is 0 Å². The van der Waals surface area contributed by atoms with Gasteiger partial charge in [0.05, 0.1) is 0 Å². The van der Waals surface area contributed by atoms with Crippen LogP contribution in [0.4, 0.5) is 0 Å². The summed E-state index contributed by atoms with van der Waals surface area (Å²) in [7, 11) is 0. The summed E-state index contributed by atoms with van der Waals surface area (Å²) >= 11 is 3.28. The molecule has 9 heavy (non-hydrogen) atoms. The third-order valence-electron chi connectivity index (χ3n) is 1.25. The molecule has 1 N–H and O–H groups in total. The highest BCUT2D eigenvalue weighted by molar-refractivity contribution is 9.11. The van der Waals surface area contributed by atoms with E-state index in [0.717, 1.165) is 11.0 Å². The number of hydrogen-bond donors (Lipinski definition) is 1. The fourth-order valence-corrected chi connectivity index (χ4v) is 0.591. The summed E-state index contributed by atoms with van der Waals surface area (Å²) in [6.45, 7) is 8.91. The second-order valence-corrected chi connectivity index (χ2v) is 3.33. The lowest BCUT2D eigenvalue weighted by molar-refractivity contribution is 0.566. The molecule has 0 aliphatic rings. The lowest BCUT2D eigenvalue weighted by Crippen LogP contribution is -2.25. The van der Waals surface area contributed by atoms with E-state index >= 15 is 0 Å². The molecule has 0 saturated heterocycles. The lowest BCUT2D eigenvalue weighted by atomic mass is 10.3. The summed E-state index contributed by atoms with van der Waals surface area (Å²) < 4.78 is 1.02. The molecular weight excluding hydrogens is 178 g/mol. The van der Waals surface area contributed by atoms with Crippen molar-refractivity contribution in [3.8, 4) is 0 Å². The van der Waals surface area contributed by atoms with E-state index in [1.54, 1.807) is 0 Å². The maximum atomic E-state index is 3.72. The molecule has 2 heteroatoms. The summed E-state index contributed by atoms with van der Waals surface area (Å²) in [5.41, 5.74) is 0. The van der Waals surface area contributed by atoms with Crippen LogP contribution in [0.15, 0.2) is 11.1 Å². The third kappa shape index (κ3) is 6.06. The molecule has 0 aliphatic carbocycles. The fraction of sp³-hybridized carbons (Fsp3) is 0.714. The van der Waals surface area contributed by atoms with Crippen LogP contribution in [0.1, 0.15) is 20.3 Å². The van der Waals surface area contributed by atoms with Gasteiger partial charge < -0.3 is 5.32 Å². The minimum atomic E-state index is 0.597. The van der Waals surface area contributed by atoms with Crippen LogP contribution in [-0.4, -0.2) is 12.6 Å². The minimum Gasteiger partial charge on any atom is -0.310 e. The van der Waals surface area contributed by atoms with Crippen molar-refractivity contribution < 1.29 is 0 Å². The summed E-state index contributed by atoms with van der Waals surface area (Å²) in [4.78, 5) is 0. The van der Waals surface area contributed by atoms with Crippen molar-refractivity contribution in [3.05, 3.63) is 11.1 Å². The van der Waals surface area contributed by atoms with Crippen LogP contribution in [0.5, 0.6) is 0 Å². The number of rotatable bonds is 4. The van der Waals surface area contributed by atoms with Crippen molar-refractivity contribution in [2.75, 3.05) is 6.54 Å². The monoisotopic (exact) mass is 191 g/mol. The number of hydrogen-bond acceptors (Lipinski definition) is 1. The largest absolute Gasteiger partial charge is 0.310 e. The molecule has 0 saturated carbocycles. The van der Waals surface area contributed by atoms with Crippen LogP contribution < -0.4 is 5.32 Å². The van der Waals surface area contributed by atoms with Gasteiger partial charge in [0.25, 0.3) is 0 Å². The molecule has 0 aromatic heterocycles. The summed E-state index contributed by atoms with van der Waals surface area (Å²) in [6, 6.07) is 0.597. The molecule has 0 radical (unpaired) electrons. The highest BCUT2D eigenvalue weighted by Crippen LogP contribution is 1.98. The molecular formula is C7H14BrN. The second-order valence-electron chi connectivity index (χ2n) is 2.21. The highest BCUT2D eigenvalue weighted by Gasteiger charge is 1.94. The average molecular weight is 192 g/mol. The van der Waals surface area contributed by atoms with Gasteiger partial charge in [0.1, 0.15) is 0 Å². The summed E-state index contributed by atoms with van der Waals surface area (Å²) in [5, 5.41) is 3.29. The predicted octanol–water partition coefficient (Wildman–Crippen LogP) is 2.28. The first-order valence-corrected chi connectivity index (χ1v) is 4.02. The first kappa shape index (κ1) is 9.18. The molecule has 1 unspecified atom stereocenters. The zero-order valence-electron chi connectivity index (χ0n) is 6.08. The van der Waals surface area contributed by atoms with Gasteiger partial charge in [0.2, 0.25) is 0 Å². The van der Waals surface area contributed by atoms with Crippen molar-refractivity contribution in [1.82, 2.24) is 5.32 Å². The standard InChI is InChI=1S/C7H14BrN/c1-4-7(3)9-5-6(2)8/h7,9H,2,4-5H2,1,3H3. The molecule has 0 spiro atoms. The van der Waals surface area contributed by atoms with Gasteiger partial charge in [-0.05, 0) is 13.3 Å². The molecule has 1 nitrogen and oxygen atoms in total. The molecule has 0 aromatic carbocycles. The minimum absolute atomic E-state index is 0.597. The normalized spacial score (nSPS) is 13.2. The lowest BCUT2D eigenvalue weighted by Gasteiger charge is -2.09. The Balaban J connectivity index is 3.16. The van der Waals surface area contributed by atoms with Gasteiger partial charge in [-0.1, -0.05) is 29.4 Å². The first-order valence-electron chi connectivity index (χ1n) is 3.23. The van der Waals surface area contributed by atoms with Crippen LogP contribution in [0.25, 0.3) is 0 Å². The van der Waals surface area contributed by atoms with Crippen molar-refractivity contribution in [1.29, 1.82) is 0 Å². The van der Waals surface area contributed by atoms with Crippen molar-refractivity contribution >= 4 is 15.9 Å². The van der Waals surface area contributed by atoms with Crippen LogP contribution in [0.2, 0.25) is 0 Å². The van der Waals surface area contributed by atoms with E-state index in [0.29, 0.717) is 6.04 Å². The Kier molecular flexibility index (Phi) is 5.10. The van der Waals surface area contributed by atoms with Gasteiger partial charge >= 0.3 is 0 Å². The Morgan fingerprint density at radius 3 is 2.67 bits per heavy atom.